The summed E-state index contributed by atoms with van der Waals surface area (Å²) in [6.45, 7) is 0. The van der Waals surface area contributed by atoms with Gasteiger partial charge < -0.3 is 9.47 Å². The average molecular weight is 285 g/mol. The molecule has 100 valence electrons. The lowest BCUT2D eigenvalue weighted by Crippen LogP contribution is -1.96. The Balaban J connectivity index is 2.38. The third-order valence-electron chi connectivity index (χ3n) is 2.49. The van der Waals surface area contributed by atoms with Crippen LogP contribution >= 0.6 is 11.6 Å². The Labute approximate surface area is 114 Å². The predicted octanol–water partition coefficient (Wildman–Crippen LogP) is 4.50. The van der Waals surface area contributed by atoms with Crippen LogP contribution in [0.2, 0.25) is 0 Å². The van der Waals surface area contributed by atoms with Crippen molar-refractivity contribution in [3.63, 3.8) is 0 Å². The van der Waals surface area contributed by atoms with Gasteiger partial charge in [0.25, 0.3) is 0 Å². The Bertz CT molecular complexity index is 564. The zero-order valence-corrected chi connectivity index (χ0v) is 10.9. The van der Waals surface area contributed by atoms with Gasteiger partial charge in [0, 0.05) is 5.88 Å². The second-order valence-corrected chi connectivity index (χ2v) is 4.04. The van der Waals surface area contributed by atoms with Crippen molar-refractivity contribution in [1.29, 1.82) is 0 Å². The van der Waals surface area contributed by atoms with Gasteiger partial charge in [-0.2, -0.15) is 0 Å². The highest BCUT2D eigenvalue weighted by Gasteiger charge is 2.15. The van der Waals surface area contributed by atoms with Crippen LogP contribution in [0.4, 0.5) is 8.78 Å². The molecule has 0 aliphatic heterocycles. The van der Waals surface area contributed by atoms with E-state index in [1.165, 1.54) is 7.11 Å². The second-order valence-electron chi connectivity index (χ2n) is 3.78. The molecule has 0 bridgehead atoms. The van der Waals surface area contributed by atoms with Crippen molar-refractivity contribution in [2.45, 2.75) is 5.88 Å². The van der Waals surface area contributed by atoms with Crippen molar-refractivity contribution in [3.8, 4) is 17.2 Å². The van der Waals surface area contributed by atoms with Crippen molar-refractivity contribution in [1.82, 2.24) is 0 Å². The molecule has 0 N–H and O–H groups in total. The lowest BCUT2D eigenvalue weighted by molar-refractivity contribution is 0.359. The van der Waals surface area contributed by atoms with Gasteiger partial charge in [0.1, 0.15) is 0 Å². The minimum atomic E-state index is -0.804. The second kappa shape index (κ2) is 5.89. The van der Waals surface area contributed by atoms with Crippen LogP contribution in [0.1, 0.15) is 5.56 Å². The molecule has 2 aromatic carbocycles. The van der Waals surface area contributed by atoms with E-state index in [9.17, 15) is 8.78 Å². The summed E-state index contributed by atoms with van der Waals surface area (Å²) in [6, 6.07) is 8.89. The molecule has 0 fully saturated rings. The lowest BCUT2D eigenvalue weighted by Gasteiger charge is -2.11. The summed E-state index contributed by atoms with van der Waals surface area (Å²) in [5.74, 6) is -1.42. The molecule has 5 heteroatoms. The number of methoxy groups -OCH3 is 1. The van der Waals surface area contributed by atoms with Gasteiger partial charge in [-0.3, -0.25) is 0 Å². The molecule has 0 unspecified atom stereocenters. The molecule has 0 aromatic heterocycles. The maximum Gasteiger partial charge on any atom is 0.198 e. The van der Waals surface area contributed by atoms with E-state index in [1.54, 1.807) is 24.3 Å². The number of halogens is 3. The number of ether oxygens (including phenoxy) is 2. The molecular formula is C14H11ClF2O2. The fourth-order valence-electron chi connectivity index (χ4n) is 1.60. The van der Waals surface area contributed by atoms with E-state index in [4.69, 9.17) is 21.1 Å². The summed E-state index contributed by atoms with van der Waals surface area (Å²) in [5.41, 5.74) is 0.351. The third kappa shape index (κ3) is 2.96. The van der Waals surface area contributed by atoms with E-state index in [0.29, 0.717) is 11.3 Å². The standard InChI is InChI=1S/C14H11ClF2O2/c1-18-12-4-2-3-5-13(12)19-14-10(16)6-9(8-15)7-11(14)17/h2-7H,8H2,1H3. The van der Waals surface area contributed by atoms with Gasteiger partial charge in [0.15, 0.2) is 28.9 Å². The van der Waals surface area contributed by atoms with Crippen LogP contribution in [0.25, 0.3) is 0 Å². The van der Waals surface area contributed by atoms with E-state index < -0.39 is 17.4 Å². The maximum atomic E-state index is 13.8. The molecule has 0 saturated carbocycles. The molecule has 19 heavy (non-hydrogen) atoms. The molecule has 2 aromatic rings. The molecule has 0 saturated heterocycles. The SMILES string of the molecule is COc1ccccc1Oc1c(F)cc(CCl)cc1F. The molecular weight excluding hydrogens is 274 g/mol. The molecule has 0 heterocycles. The Morgan fingerprint density at radius 1 is 1.05 bits per heavy atom. The van der Waals surface area contributed by atoms with Crippen molar-refractivity contribution in [3.05, 3.63) is 53.6 Å². The number of hydrogen-bond acceptors (Lipinski definition) is 2. The topological polar surface area (TPSA) is 18.5 Å². The summed E-state index contributed by atoms with van der Waals surface area (Å²) >= 11 is 5.54. The summed E-state index contributed by atoms with van der Waals surface area (Å²) < 4.78 is 37.8. The maximum absolute atomic E-state index is 13.8. The zero-order chi connectivity index (χ0) is 13.8. The fourth-order valence-corrected chi connectivity index (χ4v) is 1.75. The monoisotopic (exact) mass is 284 g/mol. The minimum absolute atomic E-state index is 0.0305. The van der Waals surface area contributed by atoms with E-state index in [-0.39, 0.29) is 11.6 Å². The van der Waals surface area contributed by atoms with Crippen LogP contribution in [0, 0.1) is 11.6 Å². The Morgan fingerprint density at radius 3 is 2.16 bits per heavy atom. The third-order valence-corrected chi connectivity index (χ3v) is 2.80. The number of hydrogen-bond donors (Lipinski definition) is 0. The first-order valence-corrected chi connectivity index (χ1v) is 6.04. The van der Waals surface area contributed by atoms with Crippen LogP contribution in [0.5, 0.6) is 17.2 Å². The van der Waals surface area contributed by atoms with Gasteiger partial charge in [0.2, 0.25) is 0 Å². The first-order chi connectivity index (χ1) is 9.15. The zero-order valence-electron chi connectivity index (χ0n) is 10.1. The van der Waals surface area contributed by atoms with Crippen molar-refractivity contribution < 1.29 is 18.3 Å². The highest BCUT2D eigenvalue weighted by Crippen LogP contribution is 2.34. The number of rotatable bonds is 4. The van der Waals surface area contributed by atoms with Crippen LogP contribution in [-0.4, -0.2) is 7.11 Å². The normalized spacial score (nSPS) is 10.3. The van der Waals surface area contributed by atoms with Crippen LogP contribution < -0.4 is 9.47 Å². The molecule has 0 amide bonds. The van der Waals surface area contributed by atoms with Crippen LogP contribution in [0.3, 0.4) is 0 Å². The van der Waals surface area contributed by atoms with E-state index in [0.717, 1.165) is 12.1 Å². The lowest BCUT2D eigenvalue weighted by atomic mass is 10.2. The summed E-state index contributed by atoms with van der Waals surface area (Å²) in [7, 11) is 1.45. The Hall–Kier alpha value is -1.81. The van der Waals surface area contributed by atoms with Gasteiger partial charge >= 0.3 is 0 Å². The van der Waals surface area contributed by atoms with Crippen LogP contribution in [0.15, 0.2) is 36.4 Å². The molecule has 0 atom stereocenters. The van der Waals surface area contributed by atoms with Gasteiger partial charge in [0.05, 0.1) is 7.11 Å². The minimum Gasteiger partial charge on any atom is -0.493 e. The number of benzene rings is 2. The van der Waals surface area contributed by atoms with Crippen molar-refractivity contribution in [2.24, 2.45) is 0 Å². The quantitative estimate of drug-likeness (QED) is 0.769. The number of alkyl halides is 1. The largest absolute Gasteiger partial charge is 0.493 e. The van der Waals surface area contributed by atoms with E-state index in [2.05, 4.69) is 0 Å². The Morgan fingerprint density at radius 2 is 1.63 bits per heavy atom. The summed E-state index contributed by atoms with van der Waals surface area (Å²) in [6.07, 6.45) is 0. The van der Waals surface area contributed by atoms with Crippen LogP contribution in [-0.2, 0) is 5.88 Å². The van der Waals surface area contributed by atoms with Gasteiger partial charge in [-0.1, -0.05) is 12.1 Å². The average Bonchev–Trinajstić information content (AvgIpc) is 2.43. The van der Waals surface area contributed by atoms with Crippen molar-refractivity contribution >= 4 is 11.6 Å². The fraction of sp³-hybridized carbons (Fsp3) is 0.143. The summed E-state index contributed by atoms with van der Waals surface area (Å²) in [4.78, 5) is 0. The van der Waals surface area contributed by atoms with Gasteiger partial charge in [-0.25, -0.2) is 8.78 Å². The summed E-state index contributed by atoms with van der Waals surface area (Å²) in [5, 5.41) is 0. The first kappa shape index (κ1) is 13.6. The smallest absolute Gasteiger partial charge is 0.198 e. The molecule has 0 radical (unpaired) electrons. The molecule has 0 spiro atoms. The number of para-hydroxylation sites is 2. The van der Waals surface area contributed by atoms with Gasteiger partial charge in [-0.15, -0.1) is 11.6 Å². The van der Waals surface area contributed by atoms with E-state index in [1.807, 2.05) is 0 Å². The molecule has 0 aliphatic rings. The Kier molecular flexibility index (Phi) is 4.22. The highest BCUT2D eigenvalue weighted by molar-refractivity contribution is 6.17. The molecule has 2 rings (SSSR count). The first-order valence-electron chi connectivity index (χ1n) is 5.50. The van der Waals surface area contributed by atoms with E-state index >= 15 is 0 Å². The molecule has 2 nitrogen and oxygen atoms in total. The predicted molar refractivity (Wildman–Crippen MR) is 69.0 cm³/mol. The highest BCUT2D eigenvalue weighted by atomic mass is 35.5. The van der Waals surface area contributed by atoms with Gasteiger partial charge in [-0.05, 0) is 29.8 Å². The van der Waals surface area contributed by atoms with Crippen molar-refractivity contribution in [2.75, 3.05) is 7.11 Å². The molecule has 0 aliphatic carbocycles.